The van der Waals surface area contributed by atoms with E-state index in [1.54, 1.807) is 0 Å². The predicted molar refractivity (Wildman–Crippen MR) is 50.2 cm³/mol. The van der Waals surface area contributed by atoms with Gasteiger partial charge in [0.2, 0.25) is 0 Å². The lowest BCUT2D eigenvalue weighted by molar-refractivity contribution is -0.156. The Kier molecular flexibility index (Phi) is 2.67. The molecule has 0 heterocycles. The molecule has 1 unspecified atom stereocenters. The van der Waals surface area contributed by atoms with E-state index in [-0.39, 0.29) is 18.0 Å². The van der Waals surface area contributed by atoms with Crippen molar-refractivity contribution in [3.05, 3.63) is 12.2 Å². The molecule has 0 radical (unpaired) electrons. The van der Waals surface area contributed by atoms with Gasteiger partial charge in [-0.2, -0.15) is 0 Å². The van der Waals surface area contributed by atoms with Crippen molar-refractivity contribution < 1.29 is 9.53 Å². The average Bonchev–Trinajstić information content (AvgIpc) is 2.12. The number of carbonyl (C=O) groups is 1. The van der Waals surface area contributed by atoms with E-state index in [1.165, 1.54) is 6.42 Å². The Morgan fingerprint density at radius 2 is 2.08 bits per heavy atom. The van der Waals surface area contributed by atoms with Crippen molar-refractivity contribution in [2.75, 3.05) is 0 Å². The zero-order valence-corrected chi connectivity index (χ0v) is 7.87. The summed E-state index contributed by atoms with van der Waals surface area (Å²) in [6, 6.07) is 0. The molecule has 2 heteroatoms. The second-order valence-electron chi connectivity index (χ2n) is 3.96. The van der Waals surface area contributed by atoms with Crippen LogP contribution < -0.4 is 0 Å². The van der Waals surface area contributed by atoms with E-state index in [2.05, 4.69) is 6.08 Å². The maximum absolute atomic E-state index is 11.5. The van der Waals surface area contributed by atoms with E-state index in [4.69, 9.17) is 4.74 Å². The Labute approximate surface area is 79.0 Å². The maximum atomic E-state index is 11.5. The van der Waals surface area contributed by atoms with Crippen molar-refractivity contribution in [3.8, 4) is 0 Å². The Morgan fingerprint density at radius 3 is 2.62 bits per heavy atom. The molecule has 0 amide bonds. The predicted octanol–water partition coefficient (Wildman–Crippen LogP) is 2.44. The molecule has 0 aromatic heterocycles. The fourth-order valence-corrected chi connectivity index (χ4v) is 1.75. The highest BCUT2D eigenvalue weighted by Crippen LogP contribution is 2.25. The van der Waals surface area contributed by atoms with E-state index < -0.39 is 0 Å². The number of esters is 1. The minimum absolute atomic E-state index is 0.000602. The molecule has 0 aliphatic heterocycles. The zero-order chi connectivity index (χ0) is 9.10. The van der Waals surface area contributed by atoms with Crippen molar-refractivity contribution >= 4 is 5.97 Å². The molecule has 13 heavy (non-hydrogen) atoms. The molecular weight excluding hydrogens is 164 g/mol. The van der Waals surface area contributed by atoms with E-state index >= 15 is 0 Å². The molecule has 1 saturated carbocycles. The molecule has 2 aliphatic carbocycles. The highest BCUT2D eigenvalue weighted by atomic mass is 16.5. The van der Waals surface area contributed by atoms with Crippen LogP contribution in [0.4, 0.5) is 0 Å². The maximum Gasteiger partial charge on any atom is 0.313 e. The molecule has 0 saturated heterocycles. The summed E-state index contributed by atoms with van der Waals surface area (Å²) >= 11 is 0. The SMILES string of the molecule is O=C(OC1CCC1)C1C=CCCC1. The van der Waals surface area contributed by atoms with Crippen molar-refractivity contribution in [3.63, 3.8) is 0 Å². The van der Waals surface area contributed by atoms with Gasteiger partial charge in [-0.15, -0.1) is 0 Å². The summed E-state index contributed by atoms with van der Waals surface area (Å²) in [6.07, 6.45) is 10.9. The smallest absolute Gasteiger partial charge is 0.313 e. The third-order valence-electron chi connectivity index (χ3n) is 2.89. The molecule has 1 atom stereocenters. The minimum Gasteiger partial charge on any atom is -0.462 e. The Morgan fingerprint density at radius 1 is 1.23 bits per heavy atom. The van der Waals surface area contributed by atoms with E-state index in [9.17, 15) is 4.79 Å². The second-order valence-corrected chi connectivity index (χ2v) is 3.96. The summed E-state index contributed by atoms with van der Waals surface area (Å²) in [6.45, 7) is 0. The summed E-state index contributed by atoms with van der Waals surface area (Å²) in [4.78, 5) is 11.5. The Hall–Kier alpha value is -0.790. The van der Waals surface area contributed by atoms with Gasteiger partial charge in [0.05, 0.1) is 5.92 Å². The van der Waals surface area contributed by atoms with Crippen LogP contribution in [0.25, 0.3) is 0 Å². The molecule has 0 bridgehead atoms. The minimum atomic E-state index is 0.000602. The van der Waals surface area contributed by atoms with Gasteiger partial charge in [-0.3, -0.25) is 4.79 Å². The van der Waals surface area contributed by atoms with Gasteiger partial charge in [-0.1, -0.05) is 12.2 Å². The molecule has 0 aromatic carbocycles. The van der Waals surface area contributed by atoms with Crippen LogP contribution in [0.15, 0.2) is 12.2 Å². The van der Waals surface area contributed by atoms with Gasteiger partial charge in [0.15, 0.2) is 0 Å². The first kappa shape index (κ1) is 8.79. The number of rotatable bonds is 2. The highest BCUT2D eigenvalue weighted by molar-refractivity contribution is 5.74. The van der Waals surface area contributed by atoms with Gasteiger partial charge in [-0.25, -0.2) is 0 Å². The summed E-state index contributed by atoms with van der Waals surface area (Å²) in [5.74, 6) is 0.0509. The topological polar surface area (TPSA) is 26.3 Å². The first-order chi connectivity index (χ1) is 6.36. The molecule has 0 N–H and O–H groups in total. The summed E-state index contributed by atoms with van der Waals surface area (Å²) < 4.78 is 5.34. The number of ether oxygens (including phenoxy) is 1. The molecule has 0 aromatic rings. The van der Waals surface area contributed by atoms with Gasteiger partial charge in [0, 0.05) is 0 Å². The van der Waals surface area contributed by atoms with Gasteiger partial charge >= 0.3 is 5.97 Å². The number of carbonyl (C=O) groups excluding carboxylic acids is 1. The standard InChI is InChI=1S/C11H16O2/c12-11(13-10-7-4-8-10)9-5-2-1-3-6-9/h2,5,9-10H,1,3-4,6-8H2. The first-order valence-corrected chi connectivity index (χ1v) is 5.23. The molecule has 0 spiro atoms. The highest BCUT2D eigenvalue weighted by Gasteiger charge is 2.25. The van der Waals surface area contributed by atoms with E-state index in [1.807, 2.05) is 6.08 Å². The Bertz CT molecular complexity index is 216. The van der Waals surface area contributed by atoms with Gasteiger partial charge in [0.25, 0.3) is 0 Å². The van der Waals surface area contributed by atoms with Crippen LogP contribution in [-0.4, -0.2) is 12.1 Å². The van der Waals surface area contributed by atoms with Gasteiger partial charge in [-0.05, 0) is 38.5 Å². The van der Waals surface area contributed by atoms with Gasteiger partial charge in [0.1, 0.15) is 6.10 Å². The van der Waals surface area contributed by atoms with E-state index in [0.29, 0.717) is 0 Å². The van der Waals surface area contributed by atoms with Crippen molar-refractivity contribution in [1.82, 2.24) is 0 Å². The first-order valence-electron chi connectivity index (χ1n) is 5.23. The lowest BCUT2D eigenvalue weighted by Gasteiger charge is -2.27. The van der Waals surface area contributed by atoms with Crippen LogP contribution in [0.2, 0.25) is 0 Å². The monoisotopic (exact) mass is 180 g/mol. The van der Waals surface area contributed by atoms with Crippen LogP contribution in [0, 0.1) is 5.92 Å². The normalized spacial score (nSPS) is 28.2. The summed E-state index contributed by atoms with van der Waals surface area (Å²) in [5, 5.41) is 0. The van der Waals surface area contributed by atoms with Crippen LogP contribution in [0.3, 0.4) is 0 Å². The van der Waals surface area contributed by atoms with Crippen molar-refractivity contribution in [2.45, 2.75) is 44.6 Å². The molecule has 1 fully saturated rings. The van der Waals surface area contributed by atoms with Crippen molar-refractivity contribution in [2.24, 2.45) is 5.92 Å². The largest absolute Gasteiger partial charge is 0.462 e. The molecule has 2 aliphatic rings. The lowest BCUT2D eigenvalue weighted by atomic mass is 9.94. The average molecular weight is 180 g/mol. The van der Waals surface area contributed by atoms with Crippen molar-refractivity contribution in [1.29, 1.82) is 0 Å². The number of hydrogen-bond donors (Lipinski definition) is 0. The quantitative estimate of drug-likeness (QED) is 0.482. The molecule has 2 rings (SSSR count). The van der Waals surface area contributed by atoms with Crippen LogP contribution >= 0.6 is 0 Å². The fraction of sp³-hybridized carbons (Fsp3) is 0.727. The third-order valence-corrected chi connectivity index (χ3v) is 2.89. The van der Waals surface area contributed by atoms with Crippen LogP contribution in [0.1, 0.15) is 38.5 Å². The molecule has 2 nitrogen and oxygen atoms in total. The molecular formula is C11H16O2. The zero-order valence-electron chi connectivity index (χ0n) is 7.87. The Balaban J connectivity index is 1.81. The second kappa shape index (κ2) is 3.95. The summed E-state index contributed by atoms with van der Waals surface area (Å²) in [7, 11) is 0. The third kappa shape index (κ3) is 2.11. The van der Waals surface area contributed by atoms with Gasteiger partial charge < -0.3 is 4.74 Å². The number of hydrogen-bond acceptors (Lipinski definition) is 2. The van der Waals surface area contributed by atoms with E-state index in [0.717, 1.165) is 32.1 Å². The number of allylic oxidation sites excluding steroid dienone is 1. The summed E-state index contributed by atoms with van der Waals surface area (Å²) in [5.41, 5.74) is 0. The lowest BCUT2D eigenvalue weighted by Crippen LogP contribution is -2.28. The van der Waals surface area contributed by atoms with Crippen LogP contribution in [-0.2, 0) is 9.53 Å². The molecule has 72 valence electrons. The van der Waals surface area contributed by atoms with Crippen LogP contribution in [0.5, 0.6) is 0 Å². The fourth-order valence-electron chi connectivity index (χ4n) is 1.75.